The Morgan fingerprint density at radius 2 is 0.596 bits per heavy atom. The highest BCUT2D eigenvalue weighted by molar-refractivity contribution is 9.10. The third kappa shape index (κ3) is 12.5. The Morgan fingerprint density at radius 3 is 1.03 bits per heavy atom. The summed E-state index contributed by atoms with van der Waals surface area (Å²) in [7, 11) is -0.474. The molecule has 16 aromatic rings. The second kappa shape index (κ2) is 27.4. The lowest BCUT2D eigenvalue weighted by molar-refractivity contribution is 0.00578. The quantitative estimate of drug-likeness (QED) is 0.136. The molecule has 0 unspecified atom stereocenters. The predicted molar refractivity (Wildman–Crippen MR) is 452 cm³/mol. The Labute approximate surface area is 647 Å². The SMILES string of the molecule is C.CC1(C)OB(c2ccc3oc4cccc(-c5nc(-c6ccccc6)nc(-c6ccccc6)n5)c4c3c2)OC1(C)C.CC1(C)c2ccccc2-c2cc(-c3ccc4oc5cccc(-c6nc(-c7ccccc7)nc(-c7ccccc7)n6)c5c4c3)ccc2C1(C)C.CC1(C)c2ccccc2-c2cc(Br)ccc2C1(C)C. The average molecular weight is 1490 g/mol. The van der Waals surface area contributed by atoms with Crippen molar-refractivity contribution in [1.82, 2.24) is 29.9 Å². The number of fused-ring (bicyclic) bond motifs is 12. The van der Waals surface area contributed by atoms with E-state index in [-0.39, 0.29) is 29.1 Å². The molecule has 0 saturated carbocycles. The van der Waals surface area contributed by atoms with E-state index in [1.165, 1.54) is 50.1 Å². The molecule has 0 spiro atoms. The second-order valence-corrected chi connectivity index (χ2v) is 32.7. The standard InChI is InChI=1S/C45H35N3O.C33H28BN3O3.C18H19Br.CH4/c1-44(2)36-20-12-11-18-32(36)34-26-30(22-24-37(34)45(44,3)4)31-23-25-38-35(27-31)40-33(19-13-21-39(40)49-38)43-47-41(28-14-7-5-8-15-28)46-42(48-43)29-16-9-6-10-17-29;1-32(2)33(3,4)40-34(39-32)23-18-19-26-25(20-23)28-24(16-11-17-27(28)38-26)31-36-29(21-12-7-5-8-13-21)35-30(37-31)22-14-9-6-10-15-22;1-17(2)15-8-6-5-7-13(15)14-11-12(19)9-10-16(14)18(17,3)4;/h5-27H,1-4H3;5-20H,1-4H3;5-11H,1-4H3;1H4. The highest BCUT2D eigenvalue weighted by Crippen LogP contribution is 2.56. The molecule has 0 radical (unpaired) electrons. The van der Waals surface area contributed by atoms with Gasteiger partial charge in [0.15, 0.2) is 34.9 Å². The second-order valence-electron chi connectivity index (χ2n) is 31.7. The fraction of sp³-hybridized carbons (Fsp3) is 0.196. The van der Waals surface area contributed by atoms with Crippen LogP contribution >= 0.6 is 15.9 Å². The van der Waals surface area contributed by atoms with E-state index in [1.54, 1.807) is 0 Å². The first-order valence-corrected chi connectivity index (χ1v) is 37.9. The zero-order chi connectivity index (χ0) is 74.7. The number of hydrogen-bond acceptors (Lipinski definition) is 10. The monoisotopic (exact) mass is 1490 g/mol. The molecule has 19 rings (SSSR count). The van der Waals surface area contributed by atoms with Gasteiger partial charge in [0.1, 0.15) is 22.3 Å². The number of halogens is 1. The number of aromatic nitrogens is 6. The first-order valence-electron chi connectivity index (χ1n) is 37.1. The Balaban J connectivity index is 0.000000135. The van der Waals surface area contributed by atoms with Crippen LogP contribution in [0, 0.1) is 0 Å². The van der Waals surface area contributed by atoms with Crippen molar-refractivity contribution in [2.45, 2.75) is 123 Å². The van der Waals surface area contributed by atoms with Crippen molar-refractivity contribution in [3.05, 3.63) is 306 Å². The Kier molecular flexibility index (Phi) is 18.1. The molecule has 0 amide bonds. The van der Waals surface area contributed by atoms with Crippen LogP contribution in [0.4, 0.5) is 0 Å². The summed E-state index contributed by atoms with van der Waals surface area (Å²) >= 11 is 3.61. The third-order valence-corrected chi connectivity index (χ3v) is 24.5. The molecule has 4 aromatic heterocycles. The highest BCUT2D eigenvalue weighted by atomic mass is 79.9. The predicted octanol–water partition coefficient (Wildman–Crippen LogP) is 25.1. The van der Waals surface area contributed by atoms with Crippen molar-refractivity contribution in [3.8, 4) is 102 Å². The van der Waals surface area contributed by atoms with E-state index < -0.39 is 18.3 Å². The van der Waals surface area contributed by atoms with E-state index in [0.717, 1.165) is 92.8 Å². The van der Waals surface area contributed by atoms with Gasteiger partial charge in [-0.3, -0.25) is 0 Å². The summed E-state index contributed by atoms with van der Waals surface area (Å²) in [6.45, 7) is 27.2. The van der Waals surface area contributed by atoms with Gasteiger partial charge in [0, 0.05) is 59.4 Å². The van der Waals surface area contributed by atoms with Crippen LogP contribution in [0.1, 0.15) is 113 Å². The number of furan rings is 2. The molecule has 2 aliphatic carbocycles. The largest absolute Gasteiger partial charge is 0.494 e. The summed E-state index contributed by atoms with van der Waals surface area (Å²) in [6, 6.07) is 96.3. The maximum absolute atomic E-state index is 6.45. The van der Waals surface area contributed by atoms with Crippen molar-refractivity contribution in [1.29, 1.82) is 0 Å². The lowest BCUT2D eigenvalue weighted by Gasteiger charge is -2.48. The molecule has 1 saturated heterocycles. The van der Waals surface area contributed by atoms with Gasteiger partial charge >= 0.3 is 7.12 Å². The van der Waals surface area contributed by atoms with Gasteiger partial charge in [0.2, 0.25) is 0 Å². The van der Waals surface area contributed by atoms with Gasteiger partial charge in [-0.1, -0.05) is 309 Å². The molecule has 0 atom stereocenters. The van der Waals surface area contributed by atoms with Gasteiger partial charge in [0.05, 0.1) is 11.2 Å². The molecular formula is C97H86BBrN6O4. The fourth-order valence-corrected chi connectivity index (χ4v) is 16.2. The summed E-state index contributed by atoms with van der Waals surface area (Å²) in [4.78, 5) is 29.8. The van der Waals surface area contributed by atoms with Crippen LogP contribution < -0.4 is 5.46 Å². The average Bonchev–Trinajstić information content (AvgIpc) is 1.62. The molecule has 538 valence electrons. The van der Waals surface area contributed by atoms with Crippen LogP contribution in [0.5, 0.6) is 0 Å². The van der Waals surface area contributed by atoms with Crippen LogP contribution in [0.2, 0.25) is 0 Å². The van der Waals surface area contributed by atoms with E-state index in [2.05, 4.69) is 214 Å². The molecule has 3 aliphatic rings. The first kappa shape index (κ1) is 72.0. The van der Waals surface area contributed by atoms with Crippen molar-refractivity contribution in [2.24, 2.45) is 0 Å². The van der Waals surface area contributed by atoms with Gasteiger partial charge in [-0.15, -0.1) is 0 Å². The smallest absolute Gasteiger partial charge is 0.456 e. The normalized spacial score (nSPS) is 15.7. The molecule has 1 aliphatic heterocycles. The van der Waals surface area contributed by atoms with Gasteiger partial charge in [0.25, 0.3) is 0 Å². The van der Waals surface area contributed by atoms with Crippen LogP contribution in [-0.2, 0) is 31.0 Å². The number of nitrogens with zero attached hydrogens (tertiary/aromatic N) is 6. The molecule has 109 heavy (non-hydrogen) atoms. The molecule has 12 heteroatoms. The van der Waals surface area contributed by atoms with E-state index in [4.69, 9.17) is 48.0 Å². The fourth-order valence-electron chi connectivity index (χ4n) is 15.9. The number of benzene rings is 12. The van der Waals surface area contributed by atoms with Crippen LogP contribution in [0.15, 0.2) is 292 Å². The molecule has 5 heterocycles. The lowest BCUT2D eigenvalue weighted by atomic mass is 9.55. The van der Waals surface area contributed by atoms with Gasteiger partial charge in [-0.05, 0) is 159 Å². The first-order chi connectivity index (χ1) is 51.9. The highest BCUT2D eigenvalue weighted by Gasteiger charge is 2.52. The minimum atomic E-state index is -0.474. The zero-order valence-electron chi connectivity index (χ0n) is 62.8. The van der Waals surface area contributed by atoms with Gasteiger partial charge in [-0.2, -0.15) is 0 Å². The minimum absolute atomic E-state index is 0. The topological polar surface area (TPSA) is 122 Å². The van der Waals surface area contributed by atoms with Crippen LogP contribution in [0.25, 0.3) is 146 Å². The van der Waals surface area contributed by atoms with E-state index in [0.29, 0.717) is 34.9 Å². The Hall–Kier alpha value is -11.3. The Morgan fingerprint density at radius 1 is 0.266 bits per heavy atom. The maximum Gasteiger partial charge on any atom is 0.494 e. The minimum Gasteiger partial charge on any atom is -0.456 e. The van der Waals surface area contributed by atoms with Crippen LogP contribution in [0.3, 0.4) is 0 Å². The summed E-state index contributed by atoms with van der Waals surface area (Å²) in [5.41, 5.74) is 22.4. The lowest BCUT2D eigenvalue weighted by Crippen LogP contribution is -2.43. The zero-order valence-corrected chi connectivity index (χ0v) is 64.4. The van der Waals surface area contributed by atoms with E-state index in [1.807, 2.05) is 164 Å². The summed E-state index contributed by atoms with van der Waals surface area (Å²) in [6.07, 6.45) is 0. The van der Waals surface area contributed by atoms with Crippen molar-refractivity contribution in [2.75, 3.05) is 0 Å². The van der Waals surface area contributed by atoms with E-state index >= 15 is 0 Å². The maximum atomic E-state index is 6.45. The summed E-state index contributed by atoms with van der Waals surface area (Å²) in [5, 5.41) is 3.93. The van der Waals surface area contributed by atoms with Crippen LogP contribution in [-0.4, -0.2) is 48.2 Å². The van der Waals surface area contributed by atoms with Crippen molar-refractivity contribution in [3.63, 3.8) is 0 Å². The molecule has 12 aromatic carbocycles. The Bertz CT molecular complexity index is 6040. The molecule has 0 N–H and O–H groups in total. The van der Waals surface area contributed by atoms with Crippen molar-refractivity contribution >= 4 is 72.4 Å². The number of hydrogen-bond donors (Lipinski definition) is 0. The summed E-state index contributed by atoms with van der Waals surface area (Å²) < 4.78 is 26.6. The molecule has 0 bridgehead atoms. The molecule has 1 fully saturated rings. The van der Waals surface area contributed by atoms with Gasteiger partial charge in [-0.25, -0.2) is 29.9 Å². The summed E-state index contributed by atoms with van der Waals surface area (Å²) in [5.74, 6) is 3.70. The molecular weight excluding hydrogens is 1400 g/mol. The number of rotatable bonds is 8. The molecule has 10 nitrogen and oxygen atoms in total. The van der Waals surface area contributed by atoms with Crippen molar-refractivity contribution < 1.29 is 18.1 Å². The third-order valence-electron chi connectivity index (χ3n) is 24.0. The van der Waals surface area contributed by atoms with E-state index in [9.17, 15) is 0 Å². The van der Waals surface area contributed by atoms with Gasteiger partial charge < -0.3 is 18.1 Å².